The molecule has 2 aromatic heterocycles. The van der Waals surface area contributed by atoms with Gasteiger partial charge in [0.25, 0.3) is 11.8 Å². The molecule has 0 saturated heterocycles. The standard InChI is InChI=1S/C23H13ClF4N6O2/c1-9(31-10-2-3-17(25)16(24)4-10)30-8-15-11-5-13-14(22(36)32-21(13)35)6-12(11)18-7-19(23(26,27)28)33-34(18)20(15)29/h2-8,31H,1,29H2,(H,32,35,36). The molecule has 0 atom stereocenters. The molecule has 0 saturated carbocycles. The Kier molecular flexibility index (Phi) is 5.21. The van der Waals surface area contributed by atoms with Crippen molar-refractivity contribution in [2.45, 2.75) is 6.18 Å². The van der Waals surface area contributed by atoms with Crippen molar-refractivity contribution in [1.82, 2.24) is 14.9 Å². The molecule has 3 heterocycles. The van der Waals surface area contributed by atoms with Gasteiger partial charge in [-0.3, -0.25) is 14.9 Å². The average molecular weight is 517 g/mol. The number of halogens is 5. The summed E-state index contributed by atoms with van der Waals surface area (Å²) in [4.78, 5) is 28.5. The lowest BCUT2D eigenvalue weighted by atomic mass is 9.99. The predicted molar refractivity (Wildman–Crippen MR) is 126 cm³/mol. The molecule has 36 heavy (non-hydrogen) atoms. The number of carbonyl (C=O) groups is 2. The summed E-state index contributed by atoms with van der Waals surface area (Å²) in [6.07, 6.45) is -3.52. The second-order valence-electron chi connectivity index (χ2n) is 7.81. The quantitative estimate of drug-likeness (QED) is 0.205. The molecule has 1 aliphatic heterocycles. The monoisotopic (exact) mass is 516 g/mol. The first kappa shape index (κ1) is 23.3. The van der Waals surface area contributed by atoms with Crippen molar-refractivity contribution in [2.75, 3.05) is 11.1 Å². The van der Waals surface area contributed by atoms with Crippen LogP contribution in [0.15, 0.2) is 53.8 Å². The molecule has 1 aliphatic rings. The lowest BCUT2D eigenvalue weighted by molar-refractivity contribution is -0.141. The zero-order chi connectivity index (χ0) is 25.9. The second-order valence-corrected chi connectivity index (χ2v) is 8.22. The topological polar surface area (TPSA) is 114 Å². The molecule has 0 radical (unpaired) electrons. The van der Waals surface area contributed by atoms with Crippen molar-refractivity contribution in [3.05, 3.63) is 82.0 Å². The minimum absolute atomic E-state index is 0.0103. The molecule has 2 amide bonds. The molecule has 4 aromatic rings. The summed E-state index contributed by atoms with van der Waals surface area (Å²) < 4.78 is 54.5. The van der Waals surface area contributed by atoms with Gasteiger partial charge in [0.15, 0.2) is 5.69 Å². The number of pyridine rings is 1. The van der Waals surface area contributed by atoms with E-state index in [1.165, 1.54) is 30.5 Å². The number of benzene rings is 2. The Hall–Kier alpha value is -4.45. The fourth-order valence-corrected chi connectivity index (χ4v) is 4.03. The zero-order valence-electron chi connectivity index (χ0n) is 17.9. The Bertz CT molecular complexity index is 1680. The van der Waals surface area contributed by atoms with E-state index in [1.54, 1.807) is 0 Å². The summed E-state index contributed by atoms with van der Waals surface area (Å²) in [7, 11) is 0. The van der Waals surface area contributed by atoms with Crippen LogP contribution in [0.5, 0.6) is 0 Å². The number of nitrogens with zero attached hydrogens (tertiary/aromatic N) is 3. The average Bonchev–Trinajstić information content (AvgIpc) is 3.37. The van der Waals surface area contributed by atoms with E-state index < -0.39 is 29.5 Å². The van der Waals surface area contributed by atoms with Crippen molar-refractivity contribution in [3.8, 4) is 0 Å². The van der Waals surface area contributed by atoms with Gasteiger partial charge in [0.2, 0.25) is 0 Å². The van der Waals surface area contributed by atoms with Gasteiger partial charge >= 0.3 is 6.18 Å². The van der Waals surface area contributed by atoms with E-state index in [0.29, 0.717) is 5.69 Å². The largest absolute Gasteiger partial charge is 0.435 e. The summed E-state index contributed by atoms with van der Waals surface area (Å²) in [5.74, 6) is -2.07. The van der Waals surface area contributed by atoms with Crippen molar-refractivity contribution in [1.29, 1.82) is 0 Å². The number of nitrogens with two attached hydrogens (primary N) is 1. The molecule has 2 aromatic carbocycles. The highest BCUT2D eigenvalue weighted by atomic mass is 35.5. The molecular formula is C23H13ClF4N6O2. The minimum Gasteiger partial charge on any atom is -0.383 e. The summed E-state index contributed by atoms with van der Waals surface area (Å²) in [5.41, 5.74) is 5.55. The number of carbonyl (C=O) groups excluding carboxylic acids is 2. The maximum absolute atomic E-state index is 13.4. The van der Waals surface area contributed by atoms with Gasteiger partial charge in [-0.25, -0.2) is 13.9 Å². The highest BCUT2D eigenvalue weighted by Gasteiger charge is 2.35. The molecule has 5 rings (SSSR count). The number of fused-ring (bicyclic) bond motifs is 4. The van der Waals surface area contributed by atoms with Crippen LogP contribution in [0.2, 0.25) is 5.02 Å². The molecule has 0 fully saturated rings. The van der Waals surface area contributed by atoms with Crippen LogP contribution in [0.25, 0.3) is 16.3 Å². The Morgan fingerprint density at radius 3 is 2.44 bits per heavy atom. The Balaban J connectivity index is 1.67. The van der Waals surface area contributed by atoms with Crippen LogP contribution in [0.3, 0.4) is 0 Å². The van der Waals surface area contributed by atoms with Crippen LogP contribution in [0.1, 0.15) is 32.0 Å². The van der Waals surface area contributed by atoms with Crippen molar-refractivity contribution in [2.24, 2.45) is 4.99 Å². The fraction of sp³-hybridized carbons (Fsp3) is 0.0435. The third-order valence-corrected chi connectivity index (χ3v) is 5.79. The molecule has 0 aliphatic carbocycles. The minimum atomic E-state index is -4.75. The van der Waals surface area contributed by atoms with E-state index in [4.69, 9.17) is 17.3 Å². The smallest absolute Gasteiger partial charge is 0.383 e. The number of nitrogen functional groups attached to an aromatic ring is 1. The molecule has 0 bridgehead atoms. The number of anilines is 2. The van der Waals surface area contributed by atoms with Gasteiger partial charge in [-0.1, -0.05) is 18.2 Å². The molecular weight excluding hydrogens is 504 g/mol. The van der Waals surface area contributed by atoms with Crippen LogP contribution < -0.4 is 16.4 Å². The van der Waals surface area contributed by atoms with Crippen LogP contribution in [-0.4, -0.2) is 27.6 Å². The van der Waals surface area contributed by atoms with Crippen LogP contribution in [-0.2, 0) is 6.18 Å². The lowest BCUT2D eigenvalue weighted by Gasteiger charge is -2.11. The number of rotatable bonds is 4. The number of imide groups is 1. The predicted octanol–water partition coefficient (Wildman–Crippen LogP) is 4.77. The first-order valence-corrected chi connectivity index (χ1v) is 10.5. The van der Waals surface area contributed by atoms with Crippen LogP contribution in [0, 0.1) is 5.82 Å². The Morgan fingerprint density at radius 2 is 1.81 bits per heavy atom. The summed E-state index contributed by atoms with van der Waals surface area (Å²) in [6.45, 7) is 3.74. The van der Waals surface area contributed by atoms with E-state index >= 15 is 0 Å². The van der Waals surface area contributed by atoms with Gasteiger partial charge in [-0.2, -0.15) is 18.3 Å². The van der Waals surface area contributed by atoms with E-state index in [0.717, 1.165) is 16.6 Å². The normalized spacial score (nSPS) is 13.6. The van der Waals surface area contributed by atoms with Gasteiger partial charge in [-0.05, 0) is 41.8 Å². The van der Waals surface area contributed by atoms with Crippen molar-refractivity contribution in [3.63, 3.8) is 0 Å². The number of hydrogen-bond acceptors (Lipinski definition) is 6. The highest BCUT2D eigenvalue weighted by molar-refractivity contribution is 6.31. The molecule has 8 nitrogen and oxygen atoms in total. The number of alkyl halides is 3. The lowest BCUT2D eigenvalue weighted by Crippen LogP contribution is -2.19. The number of nitrogens with one attached hydrogen (secondary N) is 2. The van der Waals surface area contributed by atoms with Gasteiger partial charge < -0.3 is 11.1 Å². The molecule has 13 heteroatoms. The van der Waals surface area contributed by atoms with E-state index in [9.17, 15) is 27.2 Å². The van der Waals surface area contributed by atoms with E-state index in [2.05, 4.69) is 27.3 Å². The first-order chi connectivity index (χ1) is 16.9. The molecule has 0 unspecified atom stereocenters. The van der Waals surface area contributed by atoms with E-state index in [1.807, 2.05) is 0 Å². The van der Waals surface area contributed by atoms with Gasteiger partial charge in [0.05, 0.1) is 21.7 Å². The maximum Gasteiger partial charge on any atom is 0.435 e. The Morgan fingerprint density at radius 1 is 1.14 bits per heavy atom. The summed E-state index contributed by atoms with van der Waals surface area (Å²) in [6, 6.07) is 7.34. The second kappa shape index (κ2) is 8.05. The molecule has 182 valence electrons. The van der Waals surface area contributed by atoms with Gasteiger partial charge in [0.1, 0.15) is 17.5 Å². The van der Waals surface area contributed by atoms with Crippen molar-refractivity contribution < 1.29 is 27.2 Å². The number of aromatic nitrogens is 2. The van der Waals surface area contributed by atoms with Gasteiger partial charge in [0, 0.05) is 22.9 Å². The third-order valence-electron chi connectivity index (χ3n) is 5.50. The number of hydrogen-bond donors (Lipinski definition) is 3. The van der Waals surface area contributed by atoms with Gasteiger partial charge in [-0.15, -0.1) is 0 Å². The third kappa shape index (κ3) is 3.81. The summed E-state index contributed by atoms with van der Waals surface area (Å²) in [5, 5.41) is 8.86. The van der Waals surface area contributed by atoms with Crippen LogP contribution >= 0.6 is 11.6 Å². The SMILES string of the molecule is C=C(N=Cc1c(N)n2nc(C(F)(F)F)cc2c2cc3c(cc12)C(=O)NC3=O)Nc1ccc(F)c(Cl)c1. The van der Waals surface area contributed by atoms with Crippen molar-refractivity contribution >= 4 is 57.4 Å². The molecule has 4 N–H and O–H groups in total. The number of aliphatic imine (C=N–C) groups is 1. The molecule has 0 spiro atoms. The Labute approximate surface area is 204 Å². The maximum atomic E-state index is 13.4. The number of amides is 2. The summed E-state index contributed by atoms with van der Waals surface area (Å²) >= 11 is 5.77. The van der Waals surface area contributed by atoms with E-state index in [-0.39, 0.29) is 49.6 Å². The zero-order valence-corrected chi connectivity index (χ0v) is 18.6. The highest BCUT2D eigenvalue weighted by Crippen LogP contribution is 2.36. The fourth-order valence-electron chi connectivity index (χ4n) is 3.85. The van der Waals surface area contributed by atoms with Crippen LogP contribution in [0.4, 0.5) is 29.1 Å². The first-order valence-electron chi connectivity index (χ1n) is 10.1.